The van der Waals surface area contributed by atoms with Crippen LogP contribution in [0.2, 0.25) is 0 Å². The molecule has 0 atom stereocenters. The molecule has 0 aliphatic rings. The molecule has 0 saturated heterocycles. The molecule has 15 heavy (non-hydrogen) atoms. The van der Waals surface area contributed by atoms with Crippen molar-refractivity contribution in [2.45, 2.75) is 26.3 Å². The van der Waals surface area contributed by atoms with Crippen LogP contribution in [0.1, 0.15) is 20.8 Å². The second kappa shape index (κ2) is 4.86. The van der Waals surface area contributed by atoms with Gasteiger partial charge in [0, 0.05) is 10.0 Å². The van der Waals surface area contributed by atoms with Gasteiger partial charge < -0.3 is 5.32 Å². The van der Waals surface area contributed by atoms with Crippen molar-refractivity contribution in [3.63, 3.8) is 0 Å². The van der Waals surface area contributed by atoms with E-state index in [1.807, 2.05) is 18.2 Å². The molecule has 0 spiro atoms. The Hall–Kier alpha value is -0.740. The van der Waals surface area contributed by atoms with Crippen molar-refractivity contribution in [2.75, 3.05) is 17.9 Å². The molecule has 0 aromatic heterocycles. The Kier molecular flexibility index (Phi) is 3.99. The van der Waals surface area contributed by atoms with Crippen molar-refractivity contribution in [3.8, 4) is 0 Å². The largest absolute Gasteiger partial charge is 0.379 e. The molecule has 3 nitrogen and oxygen atoms in total. The molecule has 84 valence electrons. The maximum Gasteiger partial charge on any atom is 0.0847 e. The highest BCUT2D eigenvalue weighted by Crippen LogP contribution is 2.28. The lowest BCUT2D eigenvalue weighted by Gasteiger charge is -2.24. The second-order valence-corrected chi connectivity index (χ2v) is 5.29. The predicted octanol–water partition coefficient (Wildman–Crippen LogP) is 3.63. The fourth-order valence-corrected chi connectivity index (χ4v) is 1.58. The molecule has 0 unspecified atom stereocenters. The number of halogens is 1. The van der Waals surface area contributed by atoms with Gasteiger partial charge in [0.15, 0.2) is 0 Å². The summed E-state index contributed by atoms with van der Waals surface area (Å²) in [6.45, 7) is 6.35. The maximum atomic E-state index is 4.93. The molecular formula is C11H17BrN2O. The zero-order chi connectivity index (χ0) is 11.5. The average Bonchev–Trinajstić information content (AvgIpc) is 2.08. The topological polar surface area (TPSA) is 33.3 Å². The SMILES string of the molecule is CONc1cc(Br)ccc1NC(C)(C)C. The first-order valence-corrected chi connectivity index (χ1v) is 5.58. The first kappa shape index (κ1) is 12.3. The van der Waals surface area contributed by atoms with Crippen molar-refractivity contribution in [1.82, 2.24) is 0 Å². The average molecular weight is 273 g/mol. The third-order valence-corrected chi connectivity index (χ3v) is 2.20. The monoisotopic (exact) mass is 272 g/mol. The van der Waals surface area contributed by atoms with Gasteiger partial charge >= 0.3 is 0 Å². The molecule has 1 rings (SSSR count). The Morgan fingerprint density at radius 3 is 2.40 bits per heavy atom. The molecule has 4 heteroatoms. The van der Waals surface area contributed by atoms with Gasteiger partial charge in [0.05, 0.1) is 18.5 Å². The van der Waals surface area contributed by atoms with Crippen LogP contribution in [0.4, 0.5) is 11.4 Å². The highest BCUT2D eigenvalue weighted by atomic mass is 79.9. The van der Waals surface area contributed by atoms with Crippen LogP contribution in [0.15, 0.2) is 22.7 Å². The maximum absolute atomic E-state index is 4.93. The van der Waals surface area contributed by atoms with E-state index in [1.165, 1.54) is 0 Å². The summed E-state index contributed by atoms with van der Waals surface area (Å²) in [5.41, 5.74) is 4.81. The van der Waals surface area contributed by atoms with Gasteiger partial charge in [-0.05, 0) is 39.0 Å². The molecule has 0 radical (unpaired) electrons. The van der Waals surface area contributed by atoms with E-state index in [0.29, 0.717) is 0 Å². The van der Waals surface area contributed by atoms with Gasteiger partial charge in [-0.3, -0.25) is 10.3 Å². The zero-order valence-corrected chi connectivity index (χ0v) is 11.1. The lowest BCUT2D eigenvalue weighted by atomic mass is 10.1. The van der Waals surface area contributed by atoms with Crippen LogP contribution in [0.25, 0.3) is 0 Å². The van der Waals surface area contributed by atoms with E-state index in [2.05, 4.69) is 47.5 Å². The summed E-state index contributed by atoms with van der Waals surface area (Å²) in [4.78, 5) is 4.93. The predicted molar refractivity (Wildman–Crippen MR) is 68.1 cm³/mol. The van der Waals surface area contributed by atoms with E-state index < -0.39 is 0 Å². The first-order chi connectivity index (χ1) is 6.92. The molecule has 0 saturated carbocycles. The van der Waals surface area contributed by atoms with Gasteiger partial charge in [0.25, 0.3) is 0 Å². The van der Waals surface area contributed by atoms with Crippen molar-refractivity contribution >= 4 is 27.3 Å². The van der Waals surface area contributed by atoms with Crippen molar-refractivity contribution < 1.29 is 4.84 Å². The van der Waals surface area contributed by atoms with Crippen LogP contribution in [0.3, 0.4) is 0 Å². The van der Waals surface area contributed by atoms with E-state index in [4.69, 9.17) is 4.84 Å². The number of benzene rings is 1. The summed E-state index contributed by atoms with van der Waals surface area (Å²) in [7, 11) is 1.60. The lowest BCUT2D eigenvalue weighted by Crippen LogP contribution is -2.26. The normalized spacial score (nSPS) is 11.3. The third kappa shape index (κ3) is 4.10. The number of anilines is 2. The molecule has 2 N–H and O–H groups in total. The van der Waals surface area contributed by atoms with Crippen molar-refractivity contribution in [2.24, 2.45) is 0 Å². The number of hydrogen-bond acceptors (Lipinski definition) is 3. The van der Waals surface area contributed by atoms with Gasteiger partial charge in [0.1, 0.15) is 0 Å². The Labute approximate surface area is 99.3 Å². The van der Waals surface area contributed by atoms with Crippen LogP contribution in [-0.2, 0) is 4.84 Å². The fourth-order valence-electron chi connectivity index (χ4n) is 1.22. The van der Waals surface area contributed by atoms with Gasteiger partial charge in [-0.25, -0.2) is 0 Å². The van der Waals surface area contributed by atoms with Crippen LogP contribution in [0, 0.1) is 0 Å². The van der Waals surface area contributed by atoms with Crippen molar-refractivity contribution in [1.29, 1.82) is 0 Å². The van der Waals surface area contributed by atoms with Crippen LogP contribution in [0.5, 0.6) is 0 Å². The molecule has 0 aliphatic heterocycles. The fraction of sp³-hybridized carbons (Fsp3) is 0.455. The van der Waals surface area contributed by atoms with E-state index >= 15 is 0 Å². The molecule has 0 bridgehead atoms. The summed E-state index contributed by atoms with van der Waals surface area (Å²) < 4.78 is 1.02. The van der Waals surface area contributed by atoms with Crippen LogP contribution in [-0.4, -0.2) is 12.6 Å². The van der Waals surface area contributed by atoms with E-state index in [0.717, 1.165) is 15.8 Å². The number of rotatable bonds is 3. The van der Waals surface area contributed by atoms with Crippen molar-refractivity contribution in [3.05, 3.63) is 22.7 Å². The summed E-state index contributed by atoms with van der Waals surface area (Å²) >= 11 is 3.42. The molecular weight excluding hydrogens is 256 g/mol. The highest BCUT2D eigenvalue weighted by Gasteiger charge is 2.12. The second-order valence-electron chi connectivity index (χ2n) is 4.37. The van der Waals surface area contributed by atoms with Gasteiger partial charge in [-0.1, -0.05) is 15.9 Å². The van der Waals surface area contributed by atoms with Crippen LogP contribution < -0.4 is 10.8 Å². The molecule has 0 heterocycles. The molecule has 1 aromatic carbocycles. The Bertz CT molecular complexity index is 334. The number of hydrogen-bond donors (Lipinski definition) is 2. The first-order valence-electron chi connectivity index (χ1n) is 4.79. The summed E-state index contributed by atoms with van der Waals surface area (Å²) in [5.74, 6) is 0. The molecule has 0 amide bonds. The van der Waals surface area contributed by atoms with Gasteiger partial charge in [-0.2, -0.15) is 0 Å². The van der Waals surface area contributed by atoms with Gasteiger partial charge in [0.2, 0.25) is 0 Å². The lowest BCUT2D eigenvalue weighted by molar-refractivity contribution is 0.271. The smallest absolute Gasteiger partial charge is 0.0847 e. The molecule has 0 fully saturated rings. The minimum Gasteiger partial charge on any atom is -0.379 e. The van der Waals surface area contributed by atoms with E-state index in [-0.39, 0.29) is 5.54 Å². The van der Waals surface area contributed by atoms with Gasteiger partial charge in [-0.15, -0.1) is 0 Å². The zero-order valence-electron chi connectivity index (χ0n) is 9.52. The Morgan fingerprint density at radius 2 is 1.87 bits per heavy atom. The molecule has 0 aliphatic carbocycles. The summed E-state index contributed by atoms with van der Waals surface area (Å²) in [5, 5.41) is 3.40. The minimum atomic E-state index is 0.0258. The third-order valence-electron chi connectivity index (χ3n) is 1.70. The highest BCUT2D eigenvalue weighted by molar-refractivity contribution is 9.10. The molecule has 1 aromatic rings. The standard InChI is InChI=1S/C11H17BrN2O/c1-11(2,3)13-9-6-5-8(12)7-10(9)14-15-4/h5-7,13-14H,1-4H3. The summed E-state index contributed by atoms with van der Waals surface area (Å²) in [6.07, 6.45) is 0. The summed E-state index contributed by atoms with van der Waals surface area (Å²) in [6, 6.07) is 5.98. The minimum absolute atomic E-state index is 0.0258. The Morgan fingerprint density at radius 1 is 1.20 bits per heavy atom. The van der Waals surface area contributed by atoms with E-state index in [1.54, 1.807) is 7.11 Å². The van der Waals surface area contributed by atoms with E-state index in [9.17, 15) is 0 Å². The number of nitrogens with one attached hydrogen (secondary N) is 2. The van der Waals surface area contributed by atoms with Crippen LogP contribution >= 0.6 is 15.9 Å². The quantitative estimate of drug-likeness (QED) is 0.825. The Balaban J connectivity index is 2.95.